The summed E-state index contributed by atoms with van der Waals surface area (Å²) in [6.07, 6.45) is 0.787. The van der Waals surface area contributed by atoms with Crippen molar-refractivity contribution in [1.29, 1.82) is 0 Å². The van der Waals surface area contributed by atoms with Gasteiger partial charge in [-0.15, -0.1) is 0 Å². The van der Waals surface area contributed by atoms with E-state index in [4.69, 9.17) is 5.11 Å². The van der Waals surface area contributed by atoms with E-state index in [0.29, 0.717) is 0 Å². The summed E-state index contributed by atoms with van der Waals surface area (Å²) in [6, 6.07) is 0. The second kappa shape index (κ2) is 5.44. The van der Waals surface area contributed by atoms with Crippen molar-refractivity contribution in [2.24, 2.45) is 17.3 Å². The maximum Gasteiger partial charge on any atom is 0.331 e. The molecule has 0 aromatic carbocycles. The zero-order chi connectivity index (χ0) is 15.7. The minimum Gasteiger partial charge on any atom is -0.481 e. The predicted octanol–water partition coefficient (Wildman–Crippen LogP) is 0.486. The molecular formula is C13H16O7. The van der Waals surface area contributed by atoms with E-state index in [0.717, 1.165) is 6.08 Å². The van der Waals surface area contributed by atoms with Gasteiger partial charge in [0.15, 0.2) is 5.78 Å². The summed E-state index contributed by atoms with van der Waals surface area (Å²) < 4.78 is 4.64. The van der Waals surface area contributed by atoms with Gasteiger partial charge in [-0.3, -0.25) is 14.4 Å². The minimum absolute atomic E-state index is 0.0697. The first-order valence-corrected chi connectivity index (χ1v) is 6.02. The smallest absolute Gasteiger partial charge is 0.331 e. The number of carbonyl (C=O) groups excluding carboxylic acids is 2. The highest BCUT2D eigenvalue weighted by molar-refractivity contribution is 6.16. The minimum atomic E-state index is -1.50. The molecule has 20 heavy (non-hydrogen) atoms. The lowest BCUT2D eigenvalue weighted by Crippen LogP contribution is -2.35. The molecule has 0 radical (unpaired) electrons. The number of ketones is 1. The van der Waals surface area contributed by atoms with Gasteiger partial charge in [0.2, 0.25) is 0 Å². The molecule has 0 spiro atoms. The SMILES string of the molecule is CCOC(=O)C=C1C(=O)C(C(=O)O)C(C)(C)C1C(=O)O. The summed E-state index contributed by atoms with van der Waals surface area (Å²) in [4.78, 5) is 46.0. The van der Waals surface area contributed by atoms with E-state index in [1.54, 1.807) is 6.92 Å². The van der Waals surface area contributed by atoms with Crippen LogP contribution in [-0.2, 0) is 23.9 Å². The van der Waals surface area contributed by atoms with Crippen molar-refractivity contribution in [3.8, 4) is 0 Å². The van der Waals surface area contributed by atoms with Crippen molar-refractivity contribution in [1.82, 2.24) is 0 Å². The Morgan fingerprint density at radius 1 is 1.20 bits per heavy atom. The lowest BCUT2D eigenvalue weighted by atomic mass is 9.75. The van der Waals surface area contributed by atoms with Crippen LogP contribution in [0.5, 0.6) is 0 Å². The molecule has 7 nitrogen and oxygen atoms in total. The Labute approximate surface area is 115 Å². The van der Waals surface area contributed by atoms with Gasteiger partial charge >= 0.3 is 17.9 Å². The summed E-state index contributed by atoms with van der Waals surface area (Å²) in [5, 5.41) is 18.4. The molecule has 0 saturated heterocycles. The highest BCUT2D eigenvalue weighted by Gasteiger charge is 2.58. The summed E-state index contributed by atoms with van der Waals surface area (Å²) >= 11 is 0. The fourth-order valence-electron chi connectivity index (χ4n) is 2.56. The molecule has 0 heterocycles. The van der Waals surface area contributed by atoms with Gasteiger partial charge in [0.25, 0.3) is 0 Å². The first-order valence-electron chi connectivity index (χ1n) is 6.02. The zero-order valence-corrected chi connectivity index (χ0v) is 11.4. The van der Waals surface area contributed by atoms with Crippen molar-refractivity contribution >= 4 is 23.7 Å². The van der Waals surface area contributed by atoms with Gasteiger partial charge in [-0.1, -0.05) is 13.8 Å². The average Bonchev–Trinajstić information content (AvgIpc) is 2.45. The summed E-state index contributed by atoms with van der Waals surface area (Å²) in [5.74, 6) is -7.32. The number of rotatable bonds is 4. The van der Waals surface area contributed by atoms with Crippen LogP contribution in [0, 0.1) is 17.3 Å². The van der Waals surface area contributed by atoms with E-state index in [2.05, 4.69) is 4.74 Å². The molecule has 0 amide bonds. The zero-order valence-electron chi connectivity index (χ0n) is 11.4. The molecule has 0 aromatic rings. The van der Waals surface area contributed by atoms with Crippen LogP contribution in [0.1, 0.15) is 20.8 Å². The van der Waals surface area contributed by atoms with Gasteiger partial charge < -0.3 is 14.9 Å². The van der Waals surface area contributed by atoms with Crippen LogP contribution in [0.2, 0.25) is 0 Å². The van der Waals surface area contributed by atoms with E-state index < -0.39 is 40.9 Å². The highest BCUT2D eigenvalue weighted by Crippen LogP contribution is 2.48. The number of esters is 1. The van der Waals surface area contributed by atoms with Gasteiger partial charge in [-0.25, -0.2) is 4.79 Å². The fourth-order valence-corrected chi connectivity index (χ4v) is 2.56. The van der Waals surface area contributed by atoms with Crippen LogP contribution in [0.3, 0.4) is 0 Å². The predicted molar refractivity (Wildman–Crippen MR) is 65.8 cm³/mol. The van der Waals surface area contributed by atoms with Crippen LogP contribution in [0.25, 0.3) is 0 Å². The van der Waals surface area contributed by atoms with Crippen molar-refractivity contribution in [3.63, 3.8) is 0 Å². The first-order chi connectivity index (χ1) is 9.14. The normalized spacial score (nSPS) is 26.6. The Hall–Kier alpha value is -2.18. The summed E-state index contributed by atoms with van der Waals surface area (Å²) in [6.45, 7) is 4.40. The third-order valence-electron chi connectivity index (χ3n) is 3.40. The molecule has 1 saturated carbocycles. The van der Waals surface area contributed by atoms with Gasteiger partial charge in [-0.05, 0) is 6.92 Å². The van der Waals surface area contributed by atoms with Crippen LogP contribution in [-0.4, -0.2) is 40.5 Å². The molecule has 0 aromatic heterocycles. The maximum atomic E-state index is 12.1. The molecule has 0 bridgehead atoms. The second-order valence-corrected chi connectivity index (χ2v) is 5.08. The molecule has 2 N–H and O–H groups in total. The number of hydrogen-bond donors (Lipinski definition) is 2. The van der Waals surface area contributed by atoms with Gasteiger partial charge in [-0.2, -0.15) is 0 Å². The summed E-state index contributed by atoms with van der Waals surface area (Å²) in [5.41, 5.74) is -1.65. The van der Waals surface area contributed by atoms with Crippen LogP contribution < -0.4 is 0 Å². The van der Waals surface area contributed by atoms with Gasteiger partial charge in [0.05, 0.1) is 12.5 Å². The Morgan fingerprint density at radius 2 is 1.70 bits per heavy atom. The standard InChI is InChI=1S/C13H16O7/c1-4-20-7(14)5-6-8(11(16)17)13(2,3)9(10(6)15)12(18)19/h5,8-9H,4H2,1-3H3,(H,16,17)(H,18,19). The largest absolute Gasteiger partial charge is 0.481 e. The molecular weight excluding hydrogens is 268 g/mol. The number of hydrogen-bond acceptors (Lipinski definition) is 5. The summed E-state index contributed by atoms with van der Waals surface area (Å²) in [7, 11) is 0. The lowest BCUT2D eigenvalue weighted by Gasteiger charge is -2.26. The molecule has 1 aliphatic carbocycles. The van der Waals surface area contributed by atoms with E-state index in [1.165, 1.54) is 13.8 Å². The third-order valence-corrected chi connectivity index (χ3v) is 3.40. The lowest BCUT2D eigenvalue weighted by molar-refractivity contribution is -0.150. The molecule has 2 atom stereocenters. The molecule has 110 valence electrons. The number of Topliss-reactive ketones (excluding diaryl/α,β-unsaturated/α-hetero) is 1. The fraction of sp³-hybridized carbons (Fsp3) is 0.538. The van der Waals surface area contributed by atoms with E-state index in [1.807, 2.05) is 0 Å². The van der Waals surface area contributed by atoms with Gasteiger partial charge in [0.1, 0.15) is 5.92 Å². The first kappa shape index (κ1) is 15.9. The highest BCUT2D eigenvalue weighted by atomic mass is 16.5. The van der Waals surface area contributed by atoms with Crippen molar-refractivity contribution in [3.05, 3.63) is 11.6 Å². The molecule has 0 aliphatic heterocycles. The monoisotopic (exact) mass is 284 g/mol. The molecule has 1 rings (SSSR count). The Balaban J connectivity index is 3.35. The number of ether oxygens (including phenoxy) is 1. The molecule has 7 heteroatoms. The number of carboxylic acids is 2. The molecule has 1 aliphatic rings. The Morgan fingerprint density at radius 3 is 2.10 bits per heavy atom. The van der Waals surface area contributed by atoms with E-state index in [9.17, 15) is 24.3 Å². The third kappa shape index (κ3) is 2.56. The average molecular weight is 284 g/mol. The number of carbonyl (C=O) groups is 4. The van der Waals surface area contributed by atoms with E-state index in [-0.39, 0.29) is 12.2 Å². The van der Waals surface area contributed by atoms with Crippen molar-refractivity contribution < 1.29 is 34.1 Å². The van der Waals surface area contributed by atoms with Crippen LogP contribution in [0.4, 0.5) is 0 Å². The topological polar surface area (TPSA) is 118 Å². The number of carboxylic acid groups (broad SMARTS) is 2. The van der Waals surface area contributed by atoms with Crippen molar-refractivity contribution in [2.45, 2.75) is 20.8 Å². The van der Waals surface area contributed by atoms with Gasteiger partial charge in [0, 0.05) is 17.1 Å². The molecule has 2 unspecified atom stereocenters. The van der Waals surface area contributed by atoms with E-state index >= 15 is 0 Å². The maximum absolute atomic E-state index is 12.1. The van der Waals surface area contributed by atoms with Crippen LogP contribution >= 0.6 is 0 Å². The van der Waals surface area contributed by atoms with Crippen molar-refractivity contribution in [2.75, 3.05) is 6.61 Å². The second-order valence-electron chi connectivity index (χ2n) is 5.08. The molecule has 1 fully saturated rings. The van der Waals surface area contributed by atoms with Crippen LogP contribution in [0.15, 0.2) is 11.6 Å². The Kier molecular flexibility index (Phi) is 4.32. The quantitative estimate of drug-likeness (QED) is 0.438. The Bertz CT molecular complexity index is 501. The number of aliphatic carboxylic acids is 2.